The normalized spacial score (nSPS) is 10.2. The third-order valence-corrected chi connectivity index (χ3v) is 3.45. The van der Waals surface area contributed by atoms with Crippen molar-refractivity contribution in [1.29, 1.82) is 0 Å². The number of nitrogens with zero attached hydrogens (tertiary/aromatic N) is 3. The second-order valence-corrected chi connectivity index (χ2v) is 5.63. The molecule has 0 aliphatic carbocycles. The predicted octanol–water partition coefficient (Wildman–Crippen LogP) is 1.92. The molecule has 2 rings (SSSR count). The zero-order valence-electron chi connectivity index (χ0n) is 11.6. The number of nitrogens with one attached hydrogen (secondary N) is 2. The van der Waals surface area contributed by atoms with Gasteiger partial charge in [-0.1, -0.05) is 0 Å². The van der Waals surface area contributed by atoms with Gasteiger partial charge in [-0.3, -0.25) is 24.9 Å². The highest BCUT2D eigenvalue weighted by atomic mass is 79.9. The number of non-ortho nitro benzene ring substituents is 1. The zero-order chi connectivity index (χ0) is 17.1. The summed E-state index contributed by atoms with van der Waals surface area (Å²) >= 11 is 8.16. The summed E-state index contributed by atoms with van der Waals surface area (Å²) in [5, 5.41) is 29.2. The van der Waals surface area contributed by atoms with Gasteiger partial charge in [0.1, 0.15) is 5.75 Å². The summed E-state index contributed by atoms with van der Waals surface area (Å²) in [7, 11) is 1.66. The summed E-state index contributed by atoms with van der Waals surface area (Å²) in [5.41, 5.74) is 0.00554. The van der Waals surface area contributed by atoms with Gasteiger partial charge >= 0.3 is 0 Å². The third kappa shape index (κ3) is 4.02. The summed E-state index contributed by atoms with van der Waals surface area (Å²) < 4.78 is 1.95. The van der Waals surface area contributed by atoms with Crippen LogP contribution in [0.25, 0.3) is 0 Å². The van der Waals surface area contributed by atoms with Crippen LogP contribution in [0.3, 0.4) is 0 Å². The maximum atomic E-state index is 12.0. The summed E-state index contributed by atoms with van der Waals surface area (Å²) in [6, 6.07) is 3.45. The first kappa shape index (κ1) is 16.8. The summed E-state index contributed by atoms with van der Waals surface area (Å²) in [6.45, 7) is 0. The van der Waals surface area contributed by atoms with Crippen LogP contribution < -0.4 is 10.6 Å². The van der Waals surface area contributed by atoms with Gasteiger partial charge in [0.15, 0.2) is 10.8 Å². The summed E-state index contributed by atoms with van der Waals surface area (Å²) in [6.07, 6.45) is 1.60. The Kier molecular flexibility index (Phi) is 4.91. The number of aryl methyl sites for hydroxylation is 1. The number of halogens is 1. The van der Waals surface area contributed by atoms with Gasteiger partial charge in [-0.25, -0.2) is 0 Å². The van der Waals surface area contributed by atoms with Crippen molar-refractivity contribution in [2.75, 3.05) is 5.32 Å². The molecule has 9 nitrogen and oxygen atoms in total. The quantitative estimate of drug-likeness (QED) is 0.311. The van der Waals surface area contributed by atoms with E-state index in [4.69, 9.17) is 12.2 Å². The van der Waals surface area contributed by atoms with Gasteiger partial charge in [0.25, 0.3) is 11.6 Å². The highest BCUT2D eigenvalue weighted by Crippen LogP contribution is 2.27. The minimum Gasteiger partial charge on any atom is -0.506 e. The van der Waals surface area contributed by atoms with Crippen LogP contribution in [0.5, 0.6) is 5.75 Å². The van der Waals surface area contributed by atoms with Crippen molar-refractivity contribution in [2.45, 2.75) is 0 Å². The van der Waals surface area contributed by atoms with Crippen molar-refractivity contribution in [3.8, 4) is 5.75 Å². The Balaban J connectivity index is 2.06. The summed E-state index contributed by atoms with van der Waals surface area (Å²) in [5.74, 6) is -0.911. The maximum Gasteiger partial charge on any atom is 0.279 e. The average Bonchev–Trinajstić information content (AvgIpc) is 2.79. The van der Waals surface area contributed by atoms with Gasteiger partial charge in [0, 0.05) is 19.3 Å². The molecule has 120 valence electrons. The van der Waals surface area contributed by atoms with Gasteiger partial charge in [0.05, 0.1) is 21.1 Å². The zero-order valence-corrected chi connectivity index (χ0v) is 14.0. The lowest BCUT2D eigenvalue weighted by Gasteiger charge is -2.10. The van der Waals surface area contributed by atoms with E-state index in [2.05, 4.69) is 31.7 Å². The molecule has 0 spiro atoms. The monoisotopic (exact) mass is 399 g/mol. The number of hydrogen-bond donors (Lipinski definition) is 3. The number of benzene rings is 1. The lowest BCUT2D eigenvalue weighted by Crippen LogP contribution is -2.34. The Morgan fingerprint density at radius 3 is 2.74 bits per heavy atom. The Bertz CT molecular complexity index is 807. The minimum atomic E-state index is -0.637. The van der Waals surface area contributed by atoms with E-state index >= 15 is 0 Å². The fourth-order valence-electron chi connectivity index (χ4n) is 1.67. The van der Waals surface area contributed by atoms with Crippen molar-refractivity contribution in [3.63, 3.8) is 0 Å². The lowest BCUT2D eigenvalue weighted by molar-refractivity contribution is -0.384. The number of aromatic nitrogens is 2. The number of carbonyl (C=O) groups is 1. The highest BCUT2D eigenvalue weighted by Gasteiger charge is 2.16. The van der Waals surface area contributed by atoms with Gasteiger partial charge in [-0.15, -0.1) is 0 Å². The standard InChI is InChI=1S/C12H10BrN5O4S/c1-17-5-7(13)10(16-17)11(20)15-12(23)14-8-3-2-6(18(21)22)4-9(8)19/h2-5,19H,1H3,(H2,14,15,20,23). The molecule has 0 atom stereocenters. The van der Waals surface area contributed by atoms with Crippen LogP contribution in [-0.4, -0.2) is 30.8 Å². The first-order valence-electron chi connectivity index (χ1n) is 6.07. The molecule has 1 heterocycles. The van der Waals surface area contributed by atoms with Crippen molar-refractivity contribution in [2.24, 2.45) is 7.05 Å². The third-order valence-electron chi connectivity index (χ3n) is 2.67. The first-order chi connectivity index (χ1) is 10.8. The molecule has 0 fully saturated rings. The SMILES string of the molecule is Cn1cc(Br)c(C(=O)NC(=S)Nc2ccc([N+](=O)[O-])cc2O)n1. The summed E-state index contributed by atoms with van der Waals surface area (Å²) in [4.78, 5) is 22.0. The number of hydrogen-bond acceptors (Lipinski definition) is 6. The van der Waals surface area contributed by atoms with Crippen molar-refractivity contribution in [3.05, 3.63) is 44.7 Å². The second kappa shape index (κ2) is 6.71. The average molecular weight is 400 g/mol. The lowest BCUT2D eigenvalue weighted by atomic mass is 10.2. The number of phenols is 1. The molecule has 1 amide bonds. The molecule has 0 unspecified atom stereocenters. The number of anilines is 1. The van der Waals surface area contributed by atoms with Gasteiger partial charge in [0.2, 0.25) is 0 Å². The first-order valence-corrected chi connectivity index (χ1v) is 7.27. The number of nitro benzene ring substituents is 1. The maximum absolute atomic E-state index is 12.0. The number of carbonyl (C=O) groups excluding carboxylic acids is 1. The van der Waals surface area contributed by atoms with Crippen LogP contribution >= 0.6 is 28.1 Å². The second-order valence-electron chi connectivity index (χ2n) is 4.37. The minimum absolute atomic E-state index is 0.0864. The number of thiocarbonyl (C=S) groups is 1. The van der Waals surface area contributed by atoms with Crippen molar-refractivity contribution < 1.29 is 14.8 Å². The van der Waals surface area contributed by atoms with Crippen LogP contribution in [0, 0.1) is 10.1 Å². The highest BCUT2D eigenvalue weighted by molar-refractivity contribution is 9.10. The molecular weight excluding hydrogens is 390 g/mol. The number of amides is 1. The molecule has 1 aromatic heterocycles. The molecule has 23 heavy (non-hydrogen) atoms. The molecule has 11 heteroatoms. The number of phenolic OH excluding ortho intramolecular Hbond substituents is 1. The van der Waals surface area contributed by atoms with Gasteiger partial charge in [-0.05, 0) is 34.2 Å². The Hall–Kier alpha value is -2.53. The van der Waals surface area contributed by atoms with Crippen LogP contribution in [-0.2, 0) is 7.05 Å². The van der Waals surface area contributed by atoms with E-state index in [0.29, 0.717) is 4.47 Å². The van der Waals surface area contributed by atoms with Gasteiger partial charge in [-0.2, -0.15) is 5.10 Å². The largest absolute Gasteiger partial charge is 0.506 e. The fourth-order valence-corrected chi connectivity index (χ4v) is 2.43. The van der Waals surface area contributed by atoms with Crippen molar-refractivity contribution >= 4 is 50.5 Å². The number of nitro groups is 1. The molecule has 0 aliphatic heterocycles. The number of aromatic hydroxyl groups is 1. The molecule has 0 aliphatic rings. The number of rotatable bonds is 3. The van der Waals surface area contributed by atoms with E-state index in [1.165, 1.54) is 16.8 Å². The van der Waals surface area contributed by atoms with Crippen LogP contribution in [0.2, 0.25) is 0 Å². The van der Waals surface area contributed by atoms with E-state index < -0.39 is 10.8 Å². The Morgan fingerprint density at radius 2 is 2.22 bits per heavy atom. The smallest absolute Gasteiger partial charge is 0.279 e. The molecular formula is C12H10BrN5O4S. The van der Waals surface area contributed by atoms with E-state index in [-0.39, 0.29) is 27.9 Å². The van der Waals surface area contributed by atoms with E-state index in [1.54, 1.807) is 13.2 Å². The Morgan fingerprint density at radius 1 is 1.52 bits per heavy atom. The molecule has 2 aromatic rings. The molecule has 0 bridgehead atoms. The van der Waals surface area contributed by atoms with Crippen LogP contribution in [0.4, 0.5) is 11.4 Å². The molecule has 1 aromatic carbocycles. The van der Waals surface area contributed by atoms with Gasteiger partial charge < -0.3 is 10.4 Å². The van der Waals surface area contributed by atoms with Crippen LogP contribution in [0.1, 0.15) is 10.5 Å². The van der Waals surface area contributed by atoms with E-state index in [9.17, 15) is 20.0 Å². The Labute approximate surface area is 143 Å². The van der Waals surface area contributed by atoms with Crippen LogP contribution in [0.15, 0.2) is 28.9 Å². The van der Waals surface area contributed by atoms with E-state index in [1.807, 2.05) is 0 Å². The molecule has 3 N–H and O–H groups in total. The molecule has 0 radical (unpaired) electrons. The topological polar surface area (TPSA) is 122 Å². The van der Waals surface area contributed by atoms with Crippen molar-refractivity contribution in [1.82, 2.24) is 15.1 Å². The fraction of sp³-hybridized carbons (Fsp3) is 0.0833. The molecule has 0 saturated heterocycles. The van der Waals surface area contributed by atoms with E-state index in [0.717, 1.165) is 6.07 Å². The molecule has 0 saturated carbocycles. The predicted molar refractivity (Wildman–Crippen MR) is 89.4 cm³/mol.